The Morgan fingerprint density at radius 3 is 2.75 bits per heavy atom. The third kappa shape index (κ3) is 4.73. The zero-order valence-electron chi connectivity index (χ0n) is 13.2. The second-order valence-corrected chi connectivity index (χ2v) is 7.01. The highest BCUT2D eigenvalue weighted by Gasteiger charge is 2.16. The molecule has 0 unspecified atom stereocenters. The summed E-state index contributed by atoms with van der Waals surface area (Å²) in [5.74, 6) is 0.905. The highest BCUT2D eigenvalue weighted by molar-refractivity contribution is 7.09. The Balaban J connectivity index is 1.65. The second kappa shape index (κ2) is 8.18. The third-order valence-electron chi connectivity index (χ3n) is 3.72. The van der Waals surface area contributed by atoms with Crippen molar-refractivity contribution in [2.45, 2.75) is 25.9 Å². The topological polar surface area (TPSA) is 33.5 Å². The summed E-state index contributed by atoms with van der Waals surface area (Å²) in [5.41, 5.74) is 1.07. The Morgan fingerprint density at radius 1 is 1.12 bits per heavy atom. The van der Waals surface area contributed by atoms with Crippen molar-refractivity contribution in [1.82, 2.24) is 4.90 Å². The molecule has 0 spiro atoms. The van der Waals surface area contributed by atoms with Crippen molar-refractivity contribution in [3.8, 4) is 0 Å². The van der Waals surface area contributed by atoms with Crippen LogP contribution in [0.1, 0.15) is 22.6 Å². The molecule has 0 atom stereocenters. The minimum Gasteiger partial charge on any atom is -0.467 e. The number of carbonyl (C=O) groups is 1. The number of benzene rings is 1. The minimum absolute atomic E-state index is 0.111. The Kier molecular flexibility index (Phi) is 5.72. The van der Waals surface area contributed by atoms with Gasteiger partial charge < -0.3 is 9.32 Å². The summed E-state index contributed by atoms with van der Waals surface area (Å²) in [4.78, 5) is 15.7. The smallest absolute Gasteiger partial charge is 0.223 e. The molecule has 0 aliphatic heterocycles. The predicted octanol–water partition coefficient (Wildman–Crippen LogP) is 5.16. The van der Waals surface area contributed by atoms with E-state index in [0.29, 0.717) is 31.0 Å². The predicted molar refractivity (Wildman–Crippen MR) is 97.1 cm³/mol. The zero-order valence-corrected chi connectivity index (χ0v) is 14.7. The number of hydrogen-bond acceptors (Lipinski definition) is 3. The lowest BCUT2D eigenvalue weighted by molar-refractivity contribution is -0.132. The number of nitrogens with zero attached hydrogens (tertiary/aromatic N) is 1. The first kappa shape index (κ1) is 16.8. The lowest BCUT2D eigenvalue weighted by Crippen LogP contribution is -2.29. The Morgan fingerprint density at radius 2 is 2.04 bits per heavy atom. The average molecular weight is 360 g/mol. The van der Waals surface area contributed by atoms with Gasteiger partial charge in [-0.15, -0.1) is 11.3 Å². The molecule has 0 bridgehead atoms. The van der Waals surface area contributed by atoms with Gasteiger partial charge >= 0.3 is 0 Å². The maximum Gasteiger partial charge on any atom is 0.223 e. The lowest BCUT2D eigenvalue weighted by atomic mass is 10.1. The molecule has 0 fully saturated rings. The Labute approximate surface area is 150 Å². The summed E-state index contributed by atoms with van der Waals surface area (Å²) in [5, 5.41) is 2.72. The second-order valence-electron chi connectivity index (χ2n) is 5.54. The fraction of sp³-hybridized carbons (Fsp3) is 0.211. The maximum atomic E-state index is 12.7. The summed E-state index contributed by atoms with van der Waals surface area (Å²) in [6.07, 6.45) is 2.76. The molecule has 0 saturated heterocycles. The van der Waals surface area contributed by atoms with Crippen LogP contribution < -0.4 is 0 Å². The normalized spacial score (nSPS) is 10.7. The number of thiophene rings is 1. The molecule has 0 aliphatic carbocycles. The van der Waals surface area contributed by atoms with Gasteiger partial charge in [0.25, 0.3) is 0 Å². The summed E-state index contributed by atoms with van der Waals surface area (Å²) in [7, 11) is 0. The largest absolute Gasteiger partial charge is 0.467 e. The average Bonchev–Trinajstić information content (AvgIpc) is 3.26. The molecule has 2 heterocycles. The standard InChI is InChI=1S/C19H18ClNO2S/c20-16-5-1-4-15(12-16)8-9-19(22)21(13-17-6-2-10-23-17)14-18-7-3-11-24-18/h1-7,10-12H,8-9,13-14H2. The van der Waals surface area contributed by atoms with E-state index in [-0.39, 0.29) is 5.91 Å². The van der Waals surface area contributed by atoms with Crippen molar-refractivity contribution in [3.63, 3.8) is 0 Å². The Hall–Kier alpha value is -2.04. The van der Waals surface area contributed by atoms with Gasteiger partial charge in [0.1, 0.15) is 5.76 Å². The van der Waals surface area contributed by atoms with Crippen LogP contribution in [0.15, 0.2) is 64.6 Å². The van der Waals surface area contributed by atoms with E-state index in [1.54, 1.807) is 17.6 Å². The van der Waals surface area contributed by atoms with Crippen LogP contribution in [0, 0.1) is 0 Å². The van der Waals surface area contributed by atoms with E-state index in [4.69, 9.17) is 16.0 Å². The molecule has 0 N–H and O–H groups in total. The van der Waals surface area contributed by atoms with Crippen molar-refractivity contribution < 1.29 is 9.21 Å². The summed E-state index contributed by atoms with van der Waals surface area (Å²) >= 11 is 7.66. The quantitative estimate of drug-likeness (QED) is 0.584. The van der Waals surface area contributed by atoms with E-state index in [1.807, 2.05) is 58.8 Å². The van der Waals surface area contributed by atoms with Gasteiger partial charge in [0.2, 0.25) is 5.91 Å². The number of halogens is 1. The molecule has 0 aliphatic rings. The van der Waals surface area contributed by atoms with Gasteiger partial charge in [-0.05, 0) is 47.7 Å². The van der Waals surface area contributed by atoms with E-state index in [0.717, 1.165) is 16.2 Å². The number of furan rings is 1. The van der Waals surface area contributed by atoms with Crippen LogP contribution in [-0.2, 0) is 24.3 Å². The number of carbonyl (C=O) groups excluding carboxylic acids is 1. The first-order valence-electron chi connectivity index (χ1n) is 7.78. The number of hydrogen-bond donors (Lipinski definition) is 0. The van der Waals surface area contributed by atoms with E-state index < -0.39 is 0 Å². The van der Waals surface area contributed by atoms with Crippen LogP contribution >= 0.6 is 22.9 Å². The molecule has 0 radical (unpaired) electrons. The van der Waals surface area contributed by atoms with Crippen molar-refractivity contribution in [3.05, 3.63) is 81.4 Å². The molecule has 5 heteroatoms. The van der Waals surface area contributed by atoms with Gasteiger partial charge in [0.15, 0.2) is 0 Å². The molecule has 1 aromatic carbocycles. The fourth-order valence-corrected chi connectivity index (χ4v) is 3.45. The molecule has 1 amide bonds. The van der Waals surface area contributed by atoms with Crippen LogP contribution in [0.5, 0.6) is 0 Å². The molecule has 124 valence electrons. The monoisotopic (exact) mass is 359 g/mol. The molecule has 24 heavy (non-hydrogen) atoms. The maximum absolute atomic E-state index is 12.7. The first-order valence-corrected chi connectivity index (χ1v) is 9.03. The van der Waals surface area contributed by atoms with Gasteiger partial charge in [0, 0.05) is 16.3 Å². The third-order valence-corrected chi connectivity index (χ3v) is 4.82. The van der Waals surface area contributed by atoms with E-state index in [2.05, 4.69) is 0 Å². The van der Waals surface area contributed by atoms with E-state index in [1.165, 1.54) is 0 Å². The molecule has 0 saturated carbocycles. The van der Waals surface area contributed by atoms with Gasteiger partial charge in [-0.25, -0.2) is 0 Å². The highest BCUT2D eigenvalue weighted by atomic mass is 35.5. The number of amides is 1. The van der Waals surface area contributed by atoms with Gasteiger partial charge in [-0.2, -0.15) is 0 Å². The zero-order chi connectivity index (χ0) is 16.8. The van der Waals surface area contributed by atoms with Crippen LogP contribution in [0.4, 0.5) is 0 Å². The van der Waals surface area contributed by atoms with Gasteiger partial charge in [-0.1, -0.05) is 29.8 Å². The molecule has 3 aromatic rings. The van der Waals surface area contributed by atoms with Crippen molar-refractivity contribution in [2.24, 2.45) is 0 Å². The molecule has 3 rings (SSSR count). The van der Waals surface area contributed by atoms with E-state index in [9.17, 15) is 4.79 Å². The fourth-order valence-electron chi connectivity index (χ4n) is 2.52. The number of rotatable bonds is 7. The molecule has 2 aromatic heterocycles. The minimum atomic E-state index is 0.111. The molecular formula is C19H18ClNO2S. The van der Waals surface area contributed by atoms with Crippen LogP contribution in [0.3, 0.4) is 0 Å². The van der Waals surface area contributed by atoms with Crippen LogP contribution in [0.2, 0.25) is 5.02 Å². The SMILES string of the molecule is O=C(CCc1cccc(Cl)c1)N(Cc1ccco1)Cc1cccs1. The summed E-state index contributed by atoms with van der Waals surface area (Å²) in [6, 6.07) is 15.4. The van der Waals surface area contributed by atoms with Gasteiger partial charge in [0.05, 0.1) is 19.4 Å². The molecule has 3 nitrogen and oxygen atoms in total. The summed E-state index contributed by atoms with van der Waals surface area (Å²) in [6.45, 7) is 1.09. The summed E-state index contributed by atoms with van der Waals surface area (Å²) < 4.78 is 5.40. The van der Waals surface area contributed by atoms with E-state index >= 15 is 0 Å². The number of aryl methyl sites for hydroxylation is 1. The lowest BCUT2D eigenvalue weighted by Gasteiger charge is -2.21. The van der Waals surface area contributed by atoms with Crippen molar-refractivity contribution >= 4 is 28.8 Å². The van der Waals surface area contributed by atoms with Crippen LogP contribution in [0.25, 0.3) is 0 Å². The van der Waals surface area contributed by atoms with Crippen LogP contribution in [-0.4, -0.2) is 10.8 Å². The molecular weight excluding hydrogens is 342 g/mol. The van der Waals surface area contributed by atoms with Crippen molar-refractivity contribution in [1.29, 1.82) is 0 Å². The Bertz CT molecular complexity index is 732. The van der Waals surface area contributed by atoms with Crippen molar-refractivity contribution in [2.75, 3.05) is 0 Å². The van der Waals surface area contributed by atoms with Gasteiger partial charge in [-0.3, -0.25) is 4.79 Å². The highest BCUT2D eigenvalue weighted by Crippen LogP contribution is 2.17. The first-order chi connectivity index (χ1) is 11.7.